The Balaban J connectivity index is 2.49. The molecule has 0 spiro atoms. The van der Waals surface area contributed by atoms with Gasteiger partial charge in [0.1, 0.15) is 10.9 Å². The molecule has 0 atom stereocenters. The highest BCUT2D eigenvalue weighted by Crippen LogP contribution is 2.29. The molecule has 2 rings (SSSR count). The third-order valence-corrected chi connectivity index (χ3v) is 5.04. The molecule has 108 valence electrons. The SMILES string of the molecule is Cc1cccc(OS(=O)(=O)c2c(C)nn(C)c2Cl)c1C. The Labute approximate surface area is 123 Å². The number of hydrogen-bond acceptors (Lipinski definition) is 4. The van der Waals surface area contributed by atoms with Gasteiger partial charge in [0.25, 0.3) is 0 Å². The van der Waals surface area contributed by atoms with Crippen LogP contribution < -0.4 is 4.18 Å². The molecular weight excluding hydrogens is 300 g/mol. The molecule has 0 aliphatic carbocycles. The zero-order valence-corrected chi connectivity index (χ0v) is 13.2. The van der Waals surface area contributed by atoms with Crippen molar-refractivity contribution in [3.05, 3.63) is 40.2 Å². The summed E-state index contributed by atoms with van der Waals surface area (Å²) >= 11 is 5.98. The Hall–Kier alpha value is -1.53. The molecule has 0 saturated carbocycles. The molecule has 0 saturated heterocycles. The Morgan fingerprint density at radius 2 is 1.90 bits per heavy atom. The molecule has 5 nitrogen and oxygen atoms in total. The van der Waals surface area contributed by atoms with Crippen LogP contribution in [-0.4, -0.2) is 18.2 Å². The molecule has 0 radical (unpaired) electrons. The number of rotatable bonds is 3. The minimum Gasteiger partial charge on any atom is -0.379 e. The molecule has 0 aliphatic heterocycles. The van der Waals surface area contributed by atoms with Crippen molar-refractivity contribution >= 4 is 21.7 Å². The zero-order valence-electron chi connectivity index (χ0n) is 11.6. The number of benzene rings is 1. The maximum atomic E-state index is 12.4. The largest absolute Gasteiger partial charge is 0.379 e. The molecule has 1 heterocycles. The molecule has 1 aromatic carbocycles. The summed E-state index contributed by atoms with van der Waals surface area (Å²) in [5.74, 6) is 0.296. The molecular formula is C13H15ClN2O3S. The third-order valence-electron chi connectivity index (χ3n) is 3.10. The van der Waals surface area contributed by atoms with Crippen molar-refractivity contribution in [1.82, 2.24) is 9.78 Å². The van der Waals surface area contributed by atoms with Gasteiger partial charge < -0.3 is 4.18 Å². The van der Waals surface area contributed by atoms with Gasteiger partial charge in [-0.3, -0.25) is 4.68 Å². The van der Waals surface area contributed by atoms with Gasteiger partial charge in [-0.1, -0.05) is 23.7 Å². The lowest BCUT2D eigenvalue weighted by Crippen LogP contribution is -2.12. The van der Waals surface area contributed by atoms with E-state index in [-0.39, 0.29) is 10.0 Å². The number of halogens is 1. The van der Waals surface area contributed by atoms with E-state index in [9.17, 15) is 8.42 Å². The van der Waals surface area contributed by atoms with Crippen LogP contribution in [0.1, 0.15) is 16.8 Å². The van der Waals surface area contributed by atoms with Crippen LogP contribution in [0, 0.1) is 20.8 Å². The van der Waals surface area contributed by atoms with Crippen LogP contribution >= 0.6 is 11.6 Å². The average Bonchev–Trinajstić information content (AvgIpc) is 2.59. The van der Waals surface area contributed by atoms with Crippen molar-refractivity contribution in [3.8, 4) is 5.75 Å². The summed E-state index contributed by atoms with van der Waals surface area (Å²) in [4.78, 5) is -0.0948. The van der Waals surface area contributed by atoms with Gasteiger partial charge in [-0.05, 0) is 38.0 Å². The number of hydrogen-bond donors (Lipinski definition) is 0. The van der Waals surface area contributed by atoms with E-state index in [1.54, 1.807) is 33.0 Å². The molecule has 20 heavy (non-hydrogen) atoms. The quantitative estimate of drug-likeness (QED) is 0.817. The van der Waals surface area contributed by atoms with E-state index in [2.05, 4.69) is 5.10 Å². The van der Waals surface area contributed by atoms with Crippen molar-refractivity contribution < 1.29 is 12.6 Å². The van der Waals surface area contributed by atoms with Gasteiger partial charge in [0.05, 0.1) is 5.69 Å². The van der Waals surface area contributed by atoms with Crippen LogP contribution in [0.15, 0.2) is 23.1 Å². The van der Waals surface area contributed by atoms with Crippen LogP contribution in [0.4, 0.5) is 0 Å². The summed E-state index contributed by atoms with van der Waals surface area (Å²) in [6.45, 7) is 5.26. The minimum atomic E-state index is -4.01. The second-order valence-corrected chi connectivity index (χ2v) is 6.41. The zero-order chi connectivity index (χ0) is 15.1. The summed E-state index contributed by atoms with van der Waals surface area (Å²) < 4.78 is 31.2. The fraction of sp³-hybridized carbons (Fsp3) is 0.308. The fourth-order valence-corrected chi connectivity index (χ4v) is 3.57. The van der Waals surface area contributed by atoms with E-state index in [1.165, 1.54) is 4.68 Å². The minimum absolute atomic E-state index is 0.0350. The number of aromatic nitrogens is 2. The van der Waals surface area contributed by atoms with Gasteiger partial charge in [-0.2, -0.15) is 13.5 Å². The molecule has 0 amide bonds. The molecule has 1 aromatic heterocycles. The molecule has 2 aromatic rings. The first kappa shape index (κ1) is 14.9. The monoisotopic (exact) mass is 314 g/mol. The lowest BCUT2D eigenvalue weighted by molar-refractivity contribution is 0.483. The molecule has 0 aliphatic rings. The Kier molecular flexibility index (Phi) is 3.80. The maximum absolute atomic E-state index is 12.4. The van der Waals surface area contributed by atoms with E-state index in [1.807, 2.05) is 13.0 Å². The Morgan fingerprint density at radius 1 is 1.25 bits per heavy atom. The van der Waals surface area contributed by atoms with E-state index < -0.39 is 10.1 Å². The molecule has 0 fully saturated rings. The highest BCUT2D eigenvalue weighted by atomic mass is 35.5. The second kappa shape index (κ2) is 5.10. The smallest absolute Gasteiger partial charge is 0.344 e. The van der Waals surface area contributed by atoms with Crippen LogP contribution in [-0.2, 0) is 17.2 Å². The summed E-state index contributed by atoms with van der Waals surface area (Å²) in [5, 5.41) is 4.02. The Morgan fingerprint density at radius 3 is 2.45 bits per heavy atom. The normalized spacial score (nSPS) is 11.7. The predicted octanol–water partition coefficient (Wildman–Crippen LogP) is 2.77. The van der Waals surface area contributed by atoms with Crippen LogP contribution in [0.3, 0.4) is 0 Å². The van der Waals surface area contributed by atoms with Crippen LogP contribution in [0.25, 0.3) is 0 Å². The van der Waals surface area contributed by atoms with Gasteiger partial charge in [0.2, 0.25) is 0 Å². The lowest BCUT2D eigenvalue weighted by Gasteiger charge is -2.10. The topological polar surface area (TPSA) is 61.2 Å². The van der Waals surface area contributed by atoms with Gasteiger partial charge in [-0.15, -0.1) is 0 Å². The van der Waals surface area contributed by atoms with E-state index >= 15 is 0 Å². The Bertz CT molecular complexity index is 766. The highest BCUT2D eigenvalue weighted by Gasteiger charge is 2.27. The predicted molar refractivity (Wildman–Crippen MR) is 76.7 cm³/mol. The summed E-state index contributed by atoms with van der Waals surface area (Å²) in [6.07, 6.45) is 0. The standard InChI is InChI=1S/C13H15ClN2O3S/c1-8-6-5-7-11(9(8)2)19-20(17,18)12-10(3)15-16(4)13(12)14/h5-7H,1-4H3. The average molecular weight is 315 g/mol. The first-order valence-electron chi connectivity index (χ1n) is 5.94. The summed E-state index contributed by atoms with van der Waals surface area (Å²) in [5.41, 5.74) is 2.03. The van der Waals surface area contributed by atoms with Crippen molar-refractivity contribution in [1.29, 1.82) is 0 Å². The first-order chi connectivity index (χ1) is 9.24. The molecule has 7 heteroatoms. The number of aryl methyl sites for hydroxylation is 3. The summed E-state index contributed by atoms with van der Waals surface area (Å²) in [6, 6.07) is 5.24. The highest BCUT2D eigenvalue weighted by molar-refractivity contribution is 7.87. The first-order valence-corrected chi connectivity index (χ1v) is 7.72. The summed E-state index contributed by atoms with van der Waals surface area (Å²) in [7, 11) is -2.43. The van der Waals surface area contributed by atoms with Crippen molar-refractivity contribution in [2.75, 3.05) is 0 Å². The van der Waals surface area contributed by atoms with E-state index in [4.69, 9.17) is 15.8 Å². The van der Waals surface area contributed by atoms with Crippen molar-refractivity contribution in [2.45, 2.75) is 25.7 Å². The van der Waals surface area contributed by atoms with Gasteiger partial charge in [0, 0.05) is 7.05 Å². The van der Waals surface area contributed by atoms with E-state index in [0.29, 0.717) is 11.4 Å². The number of nitrogens with zero attached hydrogens (tertiary/aromatic N) is 2. The van der Waals surface area contributed by atoms with E-state index in [0.717, 1.165) is 11.1 Å². The third kappa shape index (κ3) is 2.53. The fourth-order valence-electron chi connectivity index (χ4n) is 1.87. The molecule has 0 bridgehead atoms. The van der Waals surface area contributed by atoms with Crippen LogP contribution in [0.5, 0.6) is 5.75 Å². The van der Waals surface area contributed by atoms with Crippen molar-refractivity contribution in [2.24, 2.45) is 7.05 Å². The van der Waals surface area contributed by atoms with Gasteiger partial charge in [0.15, 0.2) is 4.90 Å². The van der Waals surface area contributed by atoms with Crippen molar-refractivity contribution in [3.63, 3.8) is 0 Å². The van der Waals surface area contributed by atoms with Gasteiger partial charge in [-0.25, -0.2) is 0 Å². The lowest BCUT2D eigenvalue weighted by atomic mass is 10.1. The van der Waals surface area contributed by atoms with Crippen LogP contribution in [0.2, 0.25) is 5.15 Å². The second-order valence-electron chi connectivity index (χ2n) is 4.56. The maximum Gasteiger partial charge on any atom is 0.344 e. The molecule has 0 N–H and O–H groups in total. The van der Waals surface area contributed by atoms with Gasteiger partial charge >= 0.3 is 10.1 Å². The molecule has 0 unspecified atom stereocenters.